The number of benzene rings is 1. The Balaban J connectivity index is 3.34. The summed E-state index contributed by atoms with van der Waals surface area (Å²) in [6, 6.07) is 0.784. The van der Waals surface area contributed by atoms with E-state index in [0.29, 0.717) is 6.07 Å². The Kier molecular flexibility index (Phi) is 4.92. The van der Waals surface area contributed by atoms with E-state index >= 15 is 0 Å². The Labute approximate surface area is 122 Å². The monoisotopic (exact) mass is 348 g/mol. The van der Waals surface area contributed by atoms with E-state index in [0.717, 1.165) is 0 Å². The smallest absolute Gasteiger partial charge is 0.470 e. The maximum atomic E-state index is 12.7. The normalized spacial score (nSPS) is 11.9. The lowest BCUT2D eigenvalue weighted by Gasteiger charge is -2.17. The van der Waals surface area contributed by atoms with Crippen molar-refractivity contribution < 1.29 is 46.0 Å². The molecule has 0 saturated heterocycles. The first-order valence-corrected chi connectivity index (χ1v) is 5.41. The van der Waals surface area contributed by atoms with Crippen LogP contribution in [0.4, 0.5) is 36.8 Å². The molecule has 0 heterocycles. The second-order valence-corrected chi connectivity index (χ2v) is 3.91. The van der Waals surface area contributed by atoms with Crippen LogP contribution >= 0.6 is 0 Å². The van der Waals surface area contributed by atoms with Gasteiger partial charge in [-0.05, 0) is 12.1 Å². The molecular formula is C10H6F6N2O5. The second-order valence-electron chi connectivity index (χ2n) is 3.91. The molecular weight excluding hydrogens is 342 g/mol. The van der Waals surface area contributed by atoms with Crippen molar-refractivity contribution in [3.8, 4) is 5.75 Å². The molecule has 128 valence electrons. The number of rotatable bonds is 4. The molecule has 0 aliphatic carbocycles. The summed E-state index contributed by atoms with van der Waals surface area (Å²) < 4.78 is 78.3. The van der Waals surface area contributed by atoms with Crippen LogP contribution in [0.15, 0.2) is 18.2 Å². The Morgan fingerprint density at radius 3 is 2.22 bits per heavy atom. The summed E-state index contributed by atoms with van der Waals surface area (Å²) in [5.74, 6) is -1.39. The van der Waals surface area contributed by atoms with Crippen LogP contribution in [0, 0.1) is 10.1 Å². The minimum Gasteiger partial charge on any atom is -0.483 e. The van der Waals surface area contributed by atoms with E-state index in [1.54, 1.807) is 0 Å². The van der Waals surface area contributed by atoms with E-state index in [1.807, 2.05) is 0 Å². The van der Waals surface area contributed by atoms with E-state index in [9.17, 15) is 41.3 Å². The topological polar surface area (TPSA) is 92.9 Å². The number of carboxylic acid groups (broad SMARTS) is 1. The van der Waals surface area contributed by atoms with Crippen molar-refractivity contribution in [3.05, 3.63) is 33.9 Å². The van der Waals surface area contributed by atoms with Gasteiger partial charge >= 0.3 is 18.4 Å². The van der Waals surface area contributed by atoms with Gasteiger partial charge in [0.05, 0.1) is 5.56 Å². The van der Waals surface area contributed by atoms with Crippen molar-refractivity contribution in [1.29, 1.82) is 0 Å². The molecule has 1 aromatic rings. The third-order valence-corrected chi connectivity index (χ3v) is 2.25. The van der Waals surface area contributed by atoms with Gasteiger partial charge in [-0.15, -0.1) is 0 Å². The summed E-state index contributed by atoms with van der Waals surface area (Å²) >= 11 is 0. The Morgan fingerprint density at radius 1 is 1.26 bits per heavy atom. The number of carbonyl (C=O) groups is 1. The highest BCUT2D eigenvalue weighted by molar-refractivity contribution is 5.83. The van der Waals surface area contributed by atoms with Gasteiger partial charge in [-0.3, -0.25) is 0 Å². The van der Waals surface area contributed by atoms with Gasteiger partial charge in [-0.25, -0.2) is 14.9 Å². The Hall–Kier alpha value is -2.73. The lowest BCUT2D eigenvalue weighted by atomic mass is 10.1. The largest absolute Gasteiger partial charge is 0.483 e. The quantitative estimate of drug-likeness (QED) is 0.512. The summed E-state index contributed by atoms with van der Waals surface area (Å²) in [5, 5.41) is 17.1. The van der Waals surface area contributed by atoms with Crippen LogP contribution in [0.5, 0.6) is 5.75 Å². The number of hydrazine groups is 1. The van der Waals surface area contributed by atoms with E-state index in [4.69, 9.17) is 5.11 Å². The zero-order chi connectivity index (χ0) is 18.0. The van der Waals surface area contributed by atoms with Crippen LogP contribution in [0.25, 0.3) is 0 Å². The molecule has 1 N–H and O–H groups in total. The van der Waals surface area contributed by atoms with E-state index in [1.165, 1.54) is 0 Å². The van der Waals surface area contributed by atoms with E-state index in [-0.39, 0.29) is 12.1 Å². The Morgan fingerprint density at radius 2 is 1.83 bits per heavy atom. The predicted molar refractivity (Wildman–Crippen MR) is 60.5 cm³/mol. The molecule has 23 heavy (non-hydrogen) atoms. The van der Waals surface area contributed by atoms with E-state index in [2.05, 4.69) is 4.74 Å². The first kappa shape index (κ1) is 18.3. The highest BCUT2D eigenvalue weighted by Crippen LogP contribution is 2.39. The van der Waals surface area contributed by atoms with Crippen molar-refractivity contribution in [2.24, 2.45) is 0 Å². The van der Waals surface area contributed by atoms with Gasteiger partial charge in [0.25, 0.3) is 0 Å². The molecule has 1 amide bonds. The van der Waals surface area contributed by atoms with Crippen LogP contribution in [0.3, 0.4) is 0 Å². The summed E-state index contributed by atoms with van der Waals surface area (Å²) in [6.07, 6.45) is -12.2. The number of anilines is 1. The minimum atomic E-state index is -5.11. The number of halogens is 6. The van der Waals surface area contributed by atoms with Gasteiger partial charge in [0.1, 0.15) is 11.4 Å². The Bertz CT molecular complexity index is 601. The van der Waals surface area contributed by atoms with Crippen LogP contribution in [-0.2, 0) is 6.18 Å². The van der Waals surface area contributed by atoms with Crippen molar-refractivity contribution in [2.75, 3.05) is 11.6 Å². The number of ether oxygens (including phenoxy) is 1. The van der Waals surface area contributed by atoms with Crippen molar-refractivity contribution in [3.63, 3.8) is 0 Å². The number of hydrogen-bond acceptors (Lipinski definition) is 4. The van der Waals surface area contributed by atoms with Gasteiger partial charge in [0, 0.05) is 11.1 Å². The SMILES string of the molecule is O=C(O)N(c1ccc(C(F)(F)F)c(OCC(F)(F)F)c1)[N+](=O)[O-]. The standard InChI is InChI=1S/C10H6F6N2O5/c11-9(12,13)4-23-7-3-5(17(8(19)20)18(21)22)1-2-6(7)10(14,15)16/h1-3H,4H2,(H,19,20). The fourth-order valence-electron chi connectivity index (χ4n) is 1.43. The minimum absolute atomic E-state index is 0.181. The summed E-state index contributed by atoms with van der Waals surface area (Å²) in [7, 11) is 0. The van der Waals surface area contributed by atoms with Gasteiger partial charge in [0.2, 0.25) is 0 Å². The first-order chi connectivity index (χ1) is 10.3. The van der Waals surface area contributed by atoms with Gasteiger partial charge in [-0.1, -0.05) is 0 Å². The molecule has 0 saturated carbocycles. The van der Waals surface area contributed by atoms with Crippen LogP contribution in [-0.4, -0.2) is 29.0 Å². The predicted octanol–water partition coefficient (Wildman–Crippen LogP) is 3.32. The fraction of sp³-hybridized carbons (Fsp3) is 0.300. The molecule has 0 fully saturated rings. The molecule has 0 bridgehead atoms. The van der Waals surface area contributed by atoms with Crippen molar-refractivity contribution >= 4 is 11.8 Å². The molecule has 13 heteroatoms. The highest BCUT2D eigenvalue weighted by atomic mass is 19.4. The number of nitrogens with zero attached hydrogens (tertiary/aromatic N) is 2. The van der Waals surface area contributed by atoms with Crippen LogP contribution in [0.1, 0.15) is 5.56 Å². The first-order valence-electron chi connectivity index (χ1n) is 5.41. The third kappa shape index (κ3) is 4.89. The molecule has 1 rings (SSSR count). The van der Waals surface area contributed by atoms with Crippen molar-refractivity contribution in [1.82, 2.24) is 0 Å². The number of hydrogen-bond donors (Lipinski definition) is 1. The zero-order valence-corrected chi connectivity index (χ0v) is 10.7. The molecule has 0 unspecified atom stereocenters. The molecule has 0 atom stereocenters. The van der Waals surface area contributed by atoms with Gasteiger partial charge in [-0.2, -0.15) is 26.3 Å². The van der Waals surface area contributed by atoms with Gasteiger partial charge in [0.15, 0.2) is 11.6 Å². The summed E-state index contributed by atoms with van der Waals surface area (Å²) in [6.45, 7) is -2.09. The zero-order valence-electron chi connectivity index (χ0n) is 10.7. The maximum Gasteiger partial charge on any atom is 0.470 e. The van der Waals surface area contributed by atoms with Gasteiger partial charge < -0.3 is 9.84 Å². The number of nitro groups is 1. The average molecular weight is 348 g/mol. The maximum absolute atomic E-state index is 12.7. The third-order valence-electron chi connectivity index (χ3n) is 2.25. The lowest BCUT2D eigenvalue weighted by Crippen LogP contribution is -2.35. The van der Waals surface area contributed by atoms with Crippen LogP contribution in [0.2, 0.25) is 0 Å². The number of amides is 1. The molecule has 1 aromatic carbocycles. The molecule has 7 nitrogen and oxygen atoms in total. The molecule has 0 spiro atoms. The average Bonchev–Trinajstić information content (AvgIpc) is 2.33. The van der Waals surface area contributed by atoms with Crippen LogP contribution < -0.4 is 9.75 Å². The fourth-order valence-corrected chi connectivity index (χ4v) is 1.43. The molecule has 0 aliphatic rings. The summed E-state index contributed by atoms with van der Waals surface area (Å²) in [4.78, 5) is 21.3. The molecule has 0 aliphatic heterocycles. The second kappa shape index (κ2) is 6.18. The molecule has 0 aromatic heterocycles. The van der Waals surface area contributed by atoms with E-state index < -0.39 is 52.1 Å². The molecule has 0 radical (unpaired) electrons. The summed E-state index contributed by atoms with van der Waals surface area (Å²) in [5.41, 5.74) is -2.56. The highest BCUT2D eigenvalue weighted by Gasteiger charge is 2.38. The van der Waals surface area contributed by atoms with Crippen molar-refractivity contribution in [2.45, 2.75) is 12.4 Å². The number of alkyl halides is 6. The lowest BCUT2D eigenvalue weighted by molar-refractivity contribution is -0.483.